The minimum absolute atomic E-state index is 0.0715. The summed E-state index contributed by atoms with van der Waals surface area (Å²) in [6, 6.07) is 14.0. The number of benzene rings is 3. The number of carbonyl (C=O) groups excluding carboxylic acids is 7. The van der Waals surface area contributed by atoms with Crippen LogP contribution in [0.25, 0.3) is 0 Å². The standard InChI is InChI=1S/C50H70N12O11/c1-30(63)42(48(71)62-25-11-18-40(62)49(72)73)61-47(70)39(28-33-19-21-34(64)22-20-33)60-46(69)38(27-32-14-6-3-7-15-32)59-45(68)37(26-31-12-4-2-5-13-31)57-41(65)29-56-44(67)36(17-10-24-55-50(53)54)58-43(66)35(52)16-8-9-23-51/h2-7,12-15,19-22,30,35-40,42,63-64H,8-11,16-18,23-29,51-52H2,1H3,(H,56,67)(H,57,65)(H,58,66)(H,59,68)(H,60,69)(H,61,70)(H,72,73)(H4,53,54,55). The van der Waals surface area contributed by atoms with Gasteiger partial charge in [0.15, 0.2) is 5.96 Å². The van der Waals surface area contributed by atoms with Crippen LogP contribution < -0.4 is 54.8 Å². The number of nitrogens with two attached hydrogens (primary N) is 4. The molecule has 396 valence electrons. The highest BCUT2D eigenvalue weighted by Gasteiger charge is 2.40. The Labute approximate surface area is 423 Å². The molecule has 3 aromatic rings. The van der Waals surface area contributed by atoms with Gasteiger partial charge in [-0.2, -0.15) is 0 Å². The summed E-state index contributed by atoms with van der Waals surface area (Å²) in [5, 5.41) is 46.2. The van der Waals surface area contributed by atoms with Crippen molar-refractivity contribution < 1.29 is 53.7 Å². The van der Waals surface area contributed by atoms with E-state index < -0.39 is 102 Å². The number of phenols is 1. The maximum Gasteiger partial charge on any atom is 0.326 e. The van der Waals surface area contributed by atoms with Crippen molar-refractivity contribution in [2.75, 3.05) is 26.2 Å². The fourth-order valence-corrected chi connectivity index (χ4v) is 8.07. The van der Waals surface area contributed by atoms with Gasteiger partial charge < -0.3 is 75.1 Å². The smallest absolute Gasteiger partial charge is 0.326 e. The molecule has 1 aliphatic heterocycles. The molecule has 17 N–H and O–H groups in total. The number of nitrogens with zero attached hydrogens (tertiary/aromatic N) is 2. The lowest BCUT2D eigenvalue weighted by molar-refractivity contribution is -0.150. The van der Waals surface area contributed by atoms with Gasteiger partial charge in [0.2, 0.25) is 41.4 Å². The minimum Gasteiger partial charge on any atom is -0.508 e. The maximum atomic E-state index is 14.5. The summed E-state index contributed by atoms with van der Waals surface area (Å²) in [6.07, 6.45) is 0.625. The van der Waals surface area contributed by atoms with E-state index in [1.165, 1.54) is 31.2 Å². The second-order valence-corrected chi connectivity index (χ2v) is 17.9. The van der Waals surface area contributed by atoms with Crippen LogP contribution in [-0.4, -0.2) is 148 Å². The molecule has 4 rings (SSSR count). The Morgan fingerprint density at radius 2 is 1.19 bits per heavy atom. The Balaban J connectivity index is 1.58. The number of aliphatic imine (C=N–C) groups is 1. The summed E-state index contributed by atoms with van der Waals surface area (Å²) in [7, 11) is 0. The first-order chi connectivity index (χ1) is 34.9. The number of aliphatic hydroxyl groups excluding tert-OH is 1. The van der Waals surface area contributed by atoms with E-state index in [0.717, 1.165) is 4.90 Å². The Bertz CT molecular complexity index is 2340. The van der Waals surface area contributed by atoms with E-state index in [9.17, 15) is 53.7 Å². The molecule has 3 aromatic carbocycles. The molecule has 8 unspecified atom stereocenters. The first kappa shape index (κ1) is 57.9. The number of guanidine groups is 1. The molecule has 0 bridgehead atoms. The molecule has 0 spiro atoms. The predicted molar refractivity (Wildman–Crippen MR) is 270 cm³/mol. The molecular weight excluding hydrogens is 945 g/mol. The number of hydrogen-bond donors (Lipinski definition) is 13. The van der Waals surface area contributed by atoms with Gasteiger partial charge in [0.25, 0.3) is 0 Å². The third-order valence-electron chi connectivity index (χ3n) is 12.0. The normalized spacial score (nSPS) is 15.9. The van der Waals surface area contributed by atoms with Gasteiger partial charge in [-0.25, -0.2) is 4.79 Å². The van der Waals surface area contributed by atoms with Crippen LogP contribution in [0.5, 0.6) is 5.75 Å². The van der Waals surface area contributed by atoms with Gasteiger partial charge in [-0.05, 0) is 80.8 Å². The molecule has 23 heteroatoms. The average Bonchev–Trinajstić information content (AvgIpc) is 3.87. The number of aromatic hydroxyl groups is 1. The van der Waals surface area contributed by atoms with E-state index in [-0.39, 0.29) is 63.3 Å². The summed E-state index contributed by atoms with van der Waals surface area (Å²) in [5.74, 6) is -6.99. The van der Waals surface area contributed by atoms with Gasteiger partial charge in [0.1, 0.15) is 42.0 Å². The quantitative estimate of drug-likeness (QED) is 0.0202. The highest BCUT2D eigenvalue weighted by atomic mass is 16.4. The monoisotopic (exact) mass is 1010 g/mol. The van der Waals surface area contributed by atoms with Crippen molar-refractivity contribution in [3.05, 3.63) is 102 Å². The maximum absolute atomic E-state index is 14.5. The molecular formula is C50H70N12O11. The summed E-state index contributed by atoms with van der Waals surface area (Å²) in [4.78, 5) is 114. The van der Waals surface area contributed by atoms with Gasteiger partial charge in [-0.1, -0.05) is 79.2 Å². The first-order valence-corrected chi connectivity index (χ1v) is 24.2. The third kappa shape index (κ3) is 19.5. The van der Waals surface area contributed by atoms with E-state index >= 15 is 0 Å². The van der Waals surface area contributed by atoms with Crippen LogP contribution in [0.2, 0.25) is 0 Å². The van der Waals surface area contributed by atoms with Gasteiger partial charge in [-0.3, -0.25) is 38.6 Å². The molecule has 0 aliphatic carbocycles. The van der Waals surface area contributed by atoms with E-state index in [0.29, 0.717) is 48.9 Å². The van der Waals surface area contributed by atoms with Gasteiger partial charge in [-0.15, -0.1) is 0 Å². The Morgan fingerprint density at radius 3 is 1.71 bits per heavy atom. The number of amides is 7. The summed E-state index contributed by atoms with van der Waals surface area (Å²) in [5.41, 5.74) is 24.2. The van der Waals surface area contributed by atoms with Crippen molar-refractivity contribution in [2.24, 2.45) is 27.9 Å². The molecule has 0 saturated carbocycles. The topological polar surface area (TPSA) is 389 Å². The number of carbonyl (C=O) groups is 8. The second-order valence-electron chi connectivity index (χ2n) is 17.9. The first-order valence-electron chi connectivity index (χ1n) is 24.2. The SMILES string of the molecule is CC(O)C(NC(=O)C(Cc1ccc(O)cc1)NC(=O)C(Cc1ccccc1)NC(=O)C(Cc1ccccc1)NC(=O)CNC(=O)C(CCCN=C(N)N)NC(=O)C(N)CCCCN)C(=O)N1CCCC1C(=O)O. The highest BCUT2D eigenvalue weighted by Crippen LogP contribution is 2.20. The number of hydrogen-bond acceptors (Lipinski definition) is 13. The average molecular weight is 1020 g/mol. The Morgan fingerprint density at radius 1 is 0.671 bits per heavy atom. The van der Waals surface area contributed by atoms with E-state index in [1.807, 2.05) is 0 Å². The number of carboxylic acid groups (broad SMARTS) is 1. The van der Waals surface area contributed by atoms with Crippen molar-refractivity contribution in [3.63, 3.8) is 0 Å². The molecule has 0 radical (unpaired) electrons. The number of likely N-dealkylation sites (tertiary alicyclic amines) is 1. The molecule has 0 aromatic heterocycles. The van der Waals surface area contributed by atoms with E-state index in [4.69, 9.17) is 22.9 Å². The number of aliphatic carboxylic acids is 1. The minimum atomic E-state index is -1.60. The van der Waals surface area contributed by atoms with Crippen LogP contribution in [0, 0.1) is 0 Å². The van der Waals surface area contributed by atoms with Crippen LogP contribution in [0.3, 0.4) is 0 Å². The highest BCUT2D eigenvalue weighted by molar-refractivity contribution is 5.97. The summed E-state index contributed by atoms with van der Waals surface area (Å²) < 4.78 is 0. The van der Waals surface area contributed by atoms with Crippen molar-refractivity contribution in [1.29, 1.82) is 0 Å². The molecule has 1 saturated heterocycles. The number of carboxylic acids is 1. The van der Waals surface area contributed by atoms with Gasteiger partial charge >= 0.3 is 5.97 Å². The molecule has 7 amide bonds. The fourth-order valence-electron chi connectivity index (χ4n) is 8.07. The van der Waals surface area contributed by atoms with E-state index in [1.54, 1.807) is 60.7 Å². The molecule has 23 nitrogen and oxygen atoms in total. The molecule has 1 heterocycles. The molecule has 73 heavy (non-hydrogen) atoms. The third-order valence-corrected chi connectivity index (χ3v) is 12.0. The number of rotatable bonds is 29. The largest absolute Gasteiger partial charge is 0.508 e. The Hall–Kier alpha value is -7.63. The number of nitrogens with one attached hydrogen (secondary N) is 6. The van der Waals surface area contributed by atoms with Crippen LogP contribution in [-0.2, 0) is 57.6 Å². The van der Waals surface area contributed by atoms with Crippen molar-refractivity contribution in [1.82, 2.24) is 36.8 Å². The van der Waals surface area contributed by atoms with E-state index in [2.05, 4.69) is 36.9 Å². The van der Waals surface area contributed by atoms with Crippen molar-refractivity contribution >= 4 is 53.3 Å². The molecule has 1 aliphatic rings. The summed E-state index contributed by atoms with van der Waals surface area (Å²) in [6.45, 7) is 1.28. The number of phenolic OH excluding ortho intramolecular Hbond substituents is 1. The lowest BCUT2D eigenvalue weighted by atomic mass is 10.0. The molecule has 1 fully saturated rings. The number of unbranched alkanes of at least 4 members (excludes halogenated alkanes) is 1. The molecule has 8 atom stereocenters. The van der Waals surface area contributed by atoms with Crippen LogP contribution in [0.15, 0.2) is 89.9 Å². The van der Waals surface area contributed by atoms with Crippen LogP contribution in [0.1, 0.15) is 68.6 Å². The van der Waals surface area contributed by atoms with Crippen LogP contribution >= 0.6 is 0 Å². The zero-order chi connectivity index (χ0) is 53.5. The lowest BCUT2D eigenvalue weighted by Gasteiger charge is -2.30. The van der Waals surface area contributed by atoms with Crippen LogP contribution in [0.4, 0.5) is 0 Å². The van der Waals surface area contributed by atoms with Crippen molar-refractivity contribution in [2.45, 2.75) is 120 Å². The number of aliphatic hydroxyl groups is 1. The summed E-state index contributed by atoms with van der Waals surface area (Å²) >= 11 is 0. The Kier molecular flexibility index (Phi) is 23.5. The van der Waals surface area contributed by atoms with Gasteiger partial charge in [0, 0.05) is 32.4 Å². The zero-order valence-corrected chi connectivity index (χ0v) is 40.9. The lowest BCUT2D eigenvalue weighted by Crippen LogP contribution is -2.61. The second kappa shape index (κ2) is 29.7. The predicted octanol–water partition coefficient (Wildman–Crippen LogP) is -2.07. The van der Waals surface area contributed by atoms with Gasteiger partial charge in [0.05, 0.1) is 18.7 Å². The zero-order valence-electron chi connectivity index (χ0n) is 40.9. The fraction of sp³-hybridized carbons (Fsp3) is 0.460. The van der Waals surface area contributed by atoms with Crippen molar-refractivity contribution in [3.8, 4) is 5.75 Å².